The number of benzene rings is 4. The lowest BCUT2D eigenvalue weighted by Gasteiger charge is -2.34. The summed E-state index contributed by atoms with van der Waals surface area (Å²) in [5.74, 6) is 3.83. The zero-order chi connectivity index (χ0) is 22.2. The molecule has 3 heterocycles. The van der Waals surface area contributed by atoms with E-state index < -0.39 is 0 Å². The number of fused-ring (bicyclic) bond motifs is 6. The number of allylic oxidation sites excluding steroid dienone is 4. The first-order valence-electron chi connectivity index (χ1n) is 11.9. The van der Waals surface area contributed by atoms with Gasteiger partial charge in [0.25, 0.3) is 6.71 Å². The van der Waals surface area contributed by atoms with Gasteiger partial charge in [-0.25, -0.2) is 0 Å². The molecular weight excluding hydrogens is 417 g/mol. The molecule has 0 unspecified atom stereocenters. The third kappa shape index (κ3) is 2.37. The molecule has 4 heteroatoms. The summed E-state index contributed by atoms with van der Waals surface area (Å²) >= 11 is 0. The molecule has 0 N–H and O–H groups in total. The SMILES string of the molecule is C1=CC2=C(CC1)Oc1cccc3c1B2c1ccc(-n2c4ccccc4c4ccccc42)cc1O3. The minimum atomic E-state index is 0.141. The Morgan fingerprint density at radius 1 is 0.706 bits per heavy atom. The second-order valence-electron chi connectivity index (χ2n) is 9.22. The molecular formula is C30H20BNO2. The van der Waals surface area contributed by atoms with E-state index in [9.17, 15) is 0 Å². The largest absolute Gasteiger partial charge is 0.463 e. The van der Waals surface area contributed by atoms with Crippen LogP contribution in [0.1, 0.15) is 12.8 Å². The smallest absolute Gasteiger partial charge is 0.260 e. The molecule has 0 radical (unpaired) electrons. The van der Waals surface area contributed by atoms with Crippen molar-refractivity contribution >= 4 is 39.4 Å². The molecule has 2 aliphatic heterocycles. The average Bonchev–Trinajstić information content (AvgIpc) is 3.23. The number of nitrogens with zero attached hydrogens (tertiary/aromatic N) is 1. The van der Waals surface area contributed by atoms with Crippen molar-refractivity contribution in [2.24, 2.45) is 0 Å². The first-order valence-corrected chi connectivity index (χ1v) is 11.9. The van der Waals surface area contributed by atoms with Crippen molar-refractivity contribution in [3.63, 3.8) is 0 Å². The molecule has 3 nitrogen and oxygen atoms in total. The van der Waals surface area contributed by atoms with E-state index in [4.69, 9.17) is 9.47 Å². The fourth-order valence-corrected chi connectivity index (χ4v) is 5.94. The van der Waals surface area contributed by atoms with E-state index in [-0.39, 0.29) is 6.71 Å². The van der Waals surface area contributed by atoms with Crippen molar-refractivity contribution in [2.75, 3.05) is 0 Å². The first-order chi connectivity index (χ1) is 16.9. The Hall–Kier alpha value is -4.18. The van der Waals surface area contributed by atoms with Gasteiger partial charge in [-0.2, -0.15) is 0 Å². The summed E-state index contributed by atoms with van der Waals surface area (Å²) in [6.45, 7) is 0.141. The maximum Gasteiger partial charge on any atom is 0.260 e. The summed E-state index contributed by atoms with van der Waals surface area (Å²) in [6.07, 6.45) is 6.48. The second-order valence-corrected chi connectivity index (χ2v) is 9.22. The molecule has 34 heavy (non-hydrogen) atoms. The Morgan fingerprint density at radius 3 is 2.24 bits per heavy atom. The summed E-state index contributed by atoms with van der Waals surface area (Å²) in [7, 11) is 0. The summed E-state index contributed by atoms with van der Waals surface area (Å²) in [5.41, 5.74) is 7.12. The van der Waals surface area contributed by atoms with Gasteiger partial charge in [-0.15, -0.1) is 0 Å². The van der Waals surface area contributed by atoms with Crippen LogP contribution in [0.3, 0.4) is 0 Å². The Bertz CT molecular complexity index is 1670. The zero-order valence-electron chi connectivity index (χ0n) is 18.5. The standard InChI is InChI=1S/C30H20BNO2/c1-4-11-24-20(8-1)21-9-2-5-12-25(21)32(24)19-16-17-23-29(18-19)34-28-15-7-14-27-30(28)31(23)22-10-3-6-13-26(22)33-27/h1-5,7-12,14-18H,6,13H2. The lowest BCUT2D eigenvalue weighted by atomic mass is 9.34. The number of rotatable bonds is 1. The van der Waals surface area contributed by atoms with E-state index in [2.05, 4.69) is 95.6 Å². The van der Waals surface area contributed by atoms with E-state index in [0.29, 0.717) is 0 Å². The molecule has 160 valence electrons. The summed E-state index contributed by atoms with van der Waals surface area (Å²) in [4.78, 5) is 0. The lowest BCUT2D eigenvalue weighted by molar-refractivity contribution is 0.396. The number of hydrogen-bond donors (Lipinski definition) is 0. The van der Waals surface area contributed by atoms with Crippen LogP contribution in [0.15, 0.2) is 108 Å². The maximum atomic E-state index is 6.53. The molecule has 1 aliphatic carbocycles. The summed E-state index contributed by atoms with van der Waals surface area (Å²) in [5, 5.41) is 2.52. The molecule has 0 amide bonds. The highest BCUT2D eigenvalue weighted by Crippen LogP contribution is 2.39. The van der Waals surface area contributed by atoms with E-state index in [1.807, 2.05) is 6.07 Å². The molecule has 4 aromatic carbocycles. The van der Waals surface area contributed by atoms with Gasteiger partial charge in [0.1, 0.15) is 17.2 Å². The monoisotopic (exact) mass is 437 g/mol. The van der Waals surface area contributed by atoms with Crippen molar-refractivity contribution in [3.8, 4) is 22.9 Å². The Balaban J connectivity index is 1.37. The van der Waals surface area contributed by atoms with Crippen molar-refractivity contribution in [2.45, 2.75) is 12.8 Å². The van der Waals surface area contributed by atoms with Gasteiger partial charge in [-0.3, -0.25) is 0 Å². The Kier molecular flexibility index (Phi) is 3.59. The van der Waals surface area contributed by atoms with Gasteiger partial charge in [0.15, 0.2) is 0 Å². The Labute approximate surface area is 197 Å². The second kappa shape index (κ2) is 6.67. The van der Waals surface area contributed by atoms with Crippen molar-refractivity contribution in [3.05, 3.63) is 108 Å². The predicted molar refractivity (Wildman–Crippen MR) is 138 cm³/mol. The molecule has 0 atom stereocenters. The van der Waals surface area contributed by atoms with Crippen molar-refractivity contribution in [1.82, 2.24) is 4.57 Å². The van der Waals surface area contributed by atoms with E-state index >= 15 is 0 Å². The third-order valence-electron chi connectivity index (χ3n) is 7.38. The predicted octanol–water partition coefficient (Wildman–Crippen LogP) is 6.03. The average molecular weight is 437 g/mol. The van der Waals surface area contributed by atoms with Crippen LogP contribution in [0.5, 0.6) is 17.2 Å². The topological polar surface area (TPSA) is 23.4 Å². The summed E-state index contributed by atoms with van der Waals surface area (Å²) in [6, 6.07) is 30.0. The minimum Gasteiger partial charge on any atom is -0.463 e. The molecule has 5 aromatic rings. The van der Waals surface area contributed by atoms with Crippen LogP contribution in [0, 0.1) is 0 Å². The van der Waals surface area contributed by atoms with Gasteiger partial charge < -0.3 is 14.0 Å². The van der Waals surface area contributed by atoms with Gasteiger partial charge in [0.05, 0.1) is 16.8 Å². The van der Waals surface area contributed by atoms with E-state index in [1.54, 1.807) is 0 Å². The molecule has 0 saturated carbocycles. The van der Waals surface area contributed by atoms with Crippen LogP contribution in [-0.4, -0.2) is 11.3 Å². The van der Waals surface area contributed by atoms with Crippen LogP contribution in [0.2, 0.25) is 0 Å². The minimum absolute atomic E-state index is 0.141. The van der Waals surface area contributed by atoms with Gasteiger partial charge in [-0.1, -0.05) is 60.7 Å². The fourth-order valence-electron chi connectivity index (χ4n) is 5.94. The van der Waals surface area contributed by atoms with Crippen molar-refractivity contribution < 1.29 is 9.47 Å². The third-order valence-corrected chi connectivity index (χ3v) is 7.38. The molecule has 8 rings (SSSR count). The highest BCUT2D eigenvalue weighted by molar-refractivity contribution is 6.93. The molecule has 0 spiro atoms. The number of hydrogen-bond acceptors (Lipinski definition) is 2. The van der Waals surface area contributed by atoms with E-state index in [0.717, 1.165) is 47.0 Å². The summed E-state index contributed by atoms with van der Waals surface area (Å²) < 4.78 is 15.2. The molecule has 0 saturated heterocycles. The molecule has 1 aromatic heterocycles. The number of para-hydroxylation sites is 2. The van der Waals surface area contributed by atoms with Crippen LogP contribution in [0.25, 0.3) is 27.5 Å². The molecule has 0 fully saturated rings. The lowest BCUT2D eigenvalue weighted by Crippen LogP contribution is -2.51. The van der Waals surface area contributed by atoms with Crippen LogP contribution in [-0.2, 0) is 0 Å². The van der Waals surface area contributed by atoms with Gasteiger partial charge in [0.2, 0.25) is 0 Å². The molecule has 3 aliphatic rings. The van der Waals surface area contributed by atoms with Gasteiger partial charge in [-0.05, 0) is 47.7 Å². The van der Waals surface area contributed by atoms with Gasteiger partial charge >= 0.3 is 0 Å². The number of aromatic nitrogens is 1. The van der Waals surface area contributed by atoms with E-state index in [1.165, 1.54) is 32.7 Å². The highest BCUT2D eigenvalue weighted by atomic mass is 16.5. The van der Waals surface area contributed by atoms with Crippen LogP contribution in [0.4, 0.5) is 0 Å². The normalized spacial score (nSPS) is 15.6. The fraction of sp³-hybridized carbons (Fsp3) is 0.0667. The maximum absolute atomic E-state index is 6.53. The zero-order valence-corrected chi connectivity index (χ0v) is 18.5. The van der Waals surface area contributed by atoms with Crippen LogP contribution < -0.4 is 20.4 Å². The van der Waals surface area contributed by atoms with Crippen LogP contribution >= 0.6 is 0 Å². The first kappa shape index (κ1) is 18.3. The van der Waals surface area contributed by atoms with Gasteiger partial charge in [0, 0.05) is 34.4 Å². The van der Waals surface area contributed by atoms with Crippen molar-refractivity contribution in [1.29, 1.82) is 0 Å². The quantitative estimate of drug-likeness (QED) is 0.299. The number of ether oxygens (including phenoxy) is 2. The Morgan fingerprint density at radius 2 is 1.44 bits per heavy atom. The highest BCUT2D eigenvalue weighted by Gasteiger charge is 2.41. The molecule has 0 bridgehead atoms.